The van der Waals surface area contributed by atoms with Crippen molar-refractivity contribution in [1.29, 1.82) is 0 Å². The second-order valence-electron chi connectivity index (χ2n) is 3.43. The zero-order valence-electron chi connectivity index (χ0n) is 8.27. The normalized spacial score (nSPS) is 12.1. The van der Waals surface area contributed by atoms with Gasteiger partial charge < -0.3 is 4.79 Å². The van der Waals surface area contributed by atoms with E-state index in [1.165, 1.54) is 11.1 Å². The molecule has 0 bridgehead atoms. The third-order valence-corrected chi connectivity index (χ3v) is 2.31. The molecule has 2 rings (SSSR count). The van der Waals surface area contributed by atoms with E-state index in [-0.39, 0.29) is 21.1 Å². The van der Waals surface area contributed by atoms with Crippen molar-refractivity contribution in [1.82, 2.24) is 0 Å². The van der Waals surface area contributed by atoms with Crippen LogP contribution >= 0.6 is 0 Å². The van der Waals surface area contributed by atoms with Crippen molar-refractivity contribution in [2.24, 2.45) is 0 Å². The number of fused-ring (bicyclic) bond motifs is 1. The number of aldehydes is 1. The second kappa shape index (κ2) is 5.13. The van der Waals surface area contributed by atoms with Gasteiger partial charge in [-0.3, -0.25) is 0 Å². The van der Waals surface area contributed by atoms with Crippen LogP contribution in [0.15, 0.2) is 42.0 Å². The Morgan fingerprint density at radius 2 is 2.13 bits per heavy atom. The van der Waals surface area contributed by atoms with Crippen molar-refractivity contribution in [3.63, 3.8) is 0 Å². The van der Waals surface area contributed by atoms with Gasteiger partial charge in [0.25, 0.3) is 0 Å². The van der Waals surface area contributed by atoms with Crippen LogP contribution < -0.4 is 0 Å². The van der Waals surface area contributed by atoms with Gasteiger partial charge in [-0.15, -0.1) is 23.6 Å². The predicted octanol–water partition coefficient (Wildman–Crippen LogP) is 2.58. The smallest absolute Gasteiger partial charge is 0.0652 e. The van der Waals surface area contributed by atoms with Crippen LogP contribution in [0.1, 0.15) is 11.1 Å². The average molecular weight is 279 g/mol. The molecule has 0 saturated carbocycles. The van der Waals surface area contributed by atoms with Gasteiger partial charge in [0, 0.05) is 21.1 Å². The van der Waals surface area contributed by atoms with E-state index in [1.807, 2.05) is 18.6 Å². The first-order valence-corrected chi connectivity index (χ1v) is 4.57. The van der Waals surface area contributed by atoms with E-state index < -0.39 is 0 Å². The number of hydrogen-bond acceptors (Lipinski definition) is 1. The summed E-state index contributed by atoms with van der Waals surface area (Å²) in [5.41, 5.74) is 4.25. The minimum Gasteiger partial charge on any atom is -0.355 e. The molecule has 0 atom stereocenters. The largest absolute Gasteiger partial charge is 0.355 e. The molecule has 1 aromatic rings. The number of rotatable bonds is 3. The molecule has 0 unspecified atom stereocenters. The van der Waals surface area contributed by atoms with Gasteiger partial charge in [-0.2, -0.15) is 6.58 Å². The summed E-state index contributed by atoms with van der Waals surface area (Å²) in [5.74, 6) is 0. The Morgan fingerprint density at radius 1 is 1.40 bits per heavy atom. The molecular weight excluding hydrogens is 268 g/mol. The molecular formula is C13H11MoO-. The van der Waals surface area contributed by atoms with Gasteiger partial charge in [-0.05, 0) is 12.0 Å². The third kappa shape index (κ3) is 2.70. The van der Waals surface area contributed by atoms with E-state index in [9.17, 15) is 4.79 Å². The summed E-state index contributed by atoms with van der Waals surface area (Å²) < 4.78 is 0. The second-order valence-corrected chi connectivity index (χ2v) is 3.43. The van der Waals surface area contributed by atoms with Crippen LogP contribution in [-0.4, -0.2) is 6.29 Å². The van der Waals surface area contributed by atoms with Crippen LogP contribution in [-0.2, 0) is 32.3 Å². The standard InChI is InChI=1S/C13H11O.Mo/c1-10(9-14)6-11-7-12-4-2-3-5-13(12)8-11;/h2-7,9H,1,8H2;/q-1;. The van der Waals surface area contributed by atoms with Gasteiger partial charge in [0.1, 0.15) is 0 Å². The Hall–Kier alpha value is -1.07. The number of hydrogen-bond donors (Lipinski definition) is 0. The molecule has 0 aromatic heterocycles. The fourth-order valence-electron chi connectivity index (χ4n) is 1.67. The zero-order valence-corrected chi connectivity index (χ0v) is 10.3. The van der Waals surface area contributed by atoms with Gasteiger partial charge >= 0.3 is 0 Å². The van der Waals surface area contributed by atoms with Crippen molar-refractivity contribution in [2.75, 3.05) is 0 Å². The topological polar surface area (TPSA) is 17.1 Å². The molecule has 0 spiro atoms. The quantitative estimate of drug-likeness (QED) is 0.360. The van der Waals surface area contributed by atoms with E-state index in [2.05, 4.69) is 24.8 Å². The summed E-state index contributed by atoms with van der Waals surface area (Å²) in [6, 6.07) is 8.24. The van der Waals surface area contributed by atoms with E-state index in [4.69, 9.17) is 0 Å². The van der Waals surface area contributed by atoms with E-state index in [1.54, 1.807) is 0 Å². The van der Waals surface area contributed by atoms with Gasteiger partial charge in [0.15, 0.2) is 0 Å². The molecule has 0 N–H and O–H groups in total. The van der Waals surface area contributed by atoms with E-state index >= 15 is 0 Å². The number of carbonyl (C=O) groups excluding carboxylic acids is 1. The minimum atomic E-state index is 0. The first kappa shape index (κ1) is 12.0. The summed E-state index contributed by atoms with van der Waals surface area (Å²) in [6.07, 6.45) is 5.63. The maximum atomic E-state index is 10.4. The predicted molar refractivity (Wildman–Crippen MR) is 57.6 cm³/mol. The van der Waals surface area contributed by atoms with Gasteiger partial charge in [0.05, 0.1) is 6.29 Å². The Balaban J connectivity index is 0.00000112. The van der Waals surface area contributed by atoms with Crippen molar-refractivity contribution >= 4 is 12.4 Å². The molecule has 1 aliphatic rings. The third-order valence-electron chi connectivity index (χ3n) is 2.31. The molecule has 2 heteroatoms. The van der Waals surface area contributed by atoms with Gasteiger partial charge in [-0.25, -0.2) is 0 Å². The fraction of sp³-hybridized carbons (Fsp3) is 0.0769. The van der Waals surface area contributed by atoms with Crippen molar-refractivity contribution in [3.05, 3.63) is 59.5 Å². The minimum absolute atomic E-state index is 0. The zero-order chi connectivity index (χ0) is 9.97. The summed E-state index contributed by atoms with van der Waals surface area (Å²) in [5, 5.41) is 0. The van der Waals surface area contributed by atoms with Crippen LogP contribution in [0.4, 0.5) is 0 Å². The molecule has 1 nitrogen and oxygen atoms in total. The molecule has 0 aliphatic heterocycles. The Labute approximate surface area is 104 Å². The summed E-state index contributed by atoms with van der Waals surface area (Å²) in [6.45, 7) is 3.64. The maximum absolute atomic E-state index is 10.4. The van der Waals surface area contributed by atoms with Crippen LogP contribution in [0.5, 0.6) is 0 Å². The van der Waals surface area contributed by atoms with Crippen LogP contribution in [0, 0.1) is 6.42 Å². The molecule has 1 aliphatic carbocycles. The monoisotopic (exact) mass is 281 g/mol. The van der Waals surface area contributed by atoms with Crippen LogP contribution in [0.25, 0.3) is 6.08 Å². The molecule has 1 aromatic carbocycles. The molecule has 0 radical (unpaired) electrons. The number of benzene rings is 1. The fourth-order valence-corrected chi connectivity index (χ4v) is 1.67. The van der Waals surface area contributed by atoms with Crippen molar-refractivity contribution in [2.45, 2.75) is 6.42 Å². The van der Waals surface area contributed by atoms with Crippen LogP contribution in [0.3, 0.4) is 0 Å². The van der Waals surface area contributed by atoms with Gasteiger partial charge in [0.2, 0.25) is 0 Å². The molecule has 0 saturated heterocycles. The number of allylic oxidation sites excluding steroid dienone is 2. The molecule has 0 amide bonds. The van der Waals surface area contributed by atoms with Crippen LogP contribution in [0.2, 0.25) is 0 Å². The van der Waals surface area contributed by atoms with Crippen molar-refractivity contribution < 1.29 is 25.9 Å². The Kier molecular flexibility index (Phi) is 4.11. The van der Waals surface area contributed by atoms with Crippen molar-refractivity contribution in [3.8, 4) is 0 Å². The van der Waals surface area contributed by atoms with E-state index in [0.717, 1.165) is 18.3 Å². The molecule has 0 heterocycles. The summed E-state index contributed by atoms with van der Waals surface area (Å²) in [4.78, 5) is 10.4. The SMILES string of the molecule is C=C(C=O)[CH-]C1=Cc2ccccc2C1.[Mo]. The first-order chi connectivity index (χ1) is 6.79. The molecule has 0 fully saturated rings. The molecule has 15 heavy (non-hydrogen) atoms. The Bertz CT molecular complexity index is 418. The Morgan fingerprint density at radius 3 is 2.80 bits per heavy atom. The molecule has 76 valence electrons. The van der Waals surface area contributed by atoms with E-state index in [0.29, 0.717) is 5.57 Å². The maximum Gasteiger partial charge on any atom is 0.0652 e. The first-order valence-electron chi connectivity index (χ1n) is 4.57. The average Bonchev–Trinajstić information content (AvgIpc) is 2.59. The van der Waals surface area contributed by atoms with Gasteiger partial charge in [-0.1, -0.05) is 29.8 Å². The summed E-state index contributed by atoms with van der Waals surface area (Å²) >= 11 is 0. The number of carbonyl (C=O) groups is 1. The summed E-state index contributed by atoms with van der Waals surface area (Å²) in [7, 11) is 0.